The summed E-state index contributed by atoms with van der Waals surface area (Å²) in [6.45, 7) is 3.16. The van der Waals surface area contributed by atoms with Crippen molar-refractivity contribution in [3.63, 3.8) is 0 Å². The van der Waals surface area contributed by atoms with Crippen molar-refractivity contribution in [2.45, 2.75) is 32.4 Å². The van der Waals surface area contributed by atoms with Crippen molar-refractivity contribution in [3.05, 3.63) is 65.2 Å². The number of anilines is 1. The lowest BCUT2D eigenvalue weighted by Gasteiger charge is -2.19. The Morgan fingerprint density at radius 3 is 2.58 bits per heavy atom. The zero-order chi connectivity index (χ0) is 17.8. The van der Waals surface area contributed by atoms with E-state index in [9.17, 15) is 9.59 Å². The maximum absolute atomic E-state index is 12.4. The molecule has 1 unspecified atom stereocenters. The number of nitrogens with one attached hydrogen (secondary N) is 1. The molecule has 0 spiro atoms. The van der Waals surface area contributed by atoms with E-state index in [-0.39, 0.29) is 30.3 Å². The van der Waals surface area contributed by atoms with Crippen LogP contribution < -0.4 is 16.0 Å². The van der Waals surface area contributed by atoms with Crippen LogP contribution in [0.2, 0.25) is 0 Å². The van der Waals surface area contributed by atoms with Gasteiger partial charge in [0.2, 0.25) is 5.91 Å². The number of carbonyl (C=O) groups excluding carboxylic acids is 2. The van der Waals surface area contributed by atoms with E-state index < -0.39 is 0 Å². The molecule has 26 heavy (non-hydrogen) atoms. The van der Waals surface area contributed by atoms with Crippen LogP contribution in [0.5, 0.6) is 0 Å². The van der Waals surface area contributed by atoms with Crippen LogP contribution in [-0.2, 0) is 11.3 Å². The minimum atomic E-state index is -0.153. The van der Waals surface area contributed by atoms with Gasteiger partial charge in [0.25, 0.3) is 5.91 Å². The first-order valence-corrected chi connectivity index (χ1v) is 8.58. The molecule has 5 nitrogen and oxygen atoms in total. The Morgan fingerprint density at radius 1 is 1.23 bits per heavy atom. The standard InChI is InChI=1S/C20H23N3O2.ClH/c1-14(22-20(25)16-9-7-15(13-21)8-10-16)17-4-2-5-18(12-17)23-11-3-6-19(23)24;/h2,4-5,7-10,12,14H,3,6,11,13,21H2,1H3,(H,22,25);1H. The fraction of sp³-hybridized carbons (Fsp3) is 0.300. The maximum atomic E-state index is 12.4. The number of nitrogens with zero attached hydrogens (tertiary/aromatic N) is 1. The zero-order valence-corrected chi connectivity index (χ0v) is 15.6. The smallest absolute Gasteiger partial charge is 0.251 e. The van der Waals surface area contributed by atoms with Gasteiger partial charge in [0.05, 0.1) is 6.04 Å². The molecule has 3 N–H and O–H groups in total. The summed E-state index contributed by atoms with van der Waals surface area (Å²) >= 11 is 0. The SMILES string of the molecule is CC(NC(=O)c1ccc(CN)cc1)c1cccc(N2CCCC2=O)c1.Cl. The van der Waals surface area contributed by atoms with Crippen LogP contribution in [0.15, 0.2) is 48.5 Å². The second-order valence-corrected chi connectivity index (χ2v) is 6.34. The Labute approximate surface area is 160 Å². The average molecular weight is 374 g/mol. The van der Waals surface area contributed by atoms with Gasteiger partial charge in [0.15, 0.2) is 0 Å². The van der Waals surface area contributed by atoms with Crippen molar-refractivity contribution >= 4 is 29.9 Å². The first-order valence-electron chi connectivity index (χ1n) is 8.58. The summed E-state index contributed by atoms with van der Waals surface area (Å²) in [5.41, 5.74) is 9.05. The Balaban J connectivity index is 0.00000243. The van der Waals surface area contributed by atoms with Crippen molar-refractivity contribution in [2.75, 3.05) is 11.4 Å². The molecule has 3 rings (SSSR count). The predicted octanol–water partition coefficient (Wildman–Crippen LogP) is 3.18. The molecule has 1 heterocycles. The average Bonchev–Trinajstić information content (AvgIpc) is 3.07. The van der Waals surface area contributed by atoms with Crippen molar-refractivity contribution < 1.29 is 9.59 Å². The molecular formula is C20H24ClN3O2. The number of hydrogen-bond acceptors (Lipinski definition) is 3. The highest BCUT2D eigenvalue weighted by molar-refractivity contribution is 5.96. The van der Waals surface area contributed by atoms with Gasteiger partial charge in [-0.25, -0.2) is 0 Å². The molecule has 6 heteroatoms. The van der Waals surface area contributed by atoms with E-state index in [0.29, 0.717) is 18.5 Å². The Bertz CT molecular complexity index is 777. The topological polar surface area (TPSA) is 75.4 Å². The molecular weight excluding hydrogens is 350 g/mol. The third kappa shape index (κ3) is 4.42. The van der Waals surface area contributed by atoms with Crippen LogP contribution in [0.3, 0.4) is 0 Å². The Hall–Kier alpha value is -2.37. The number of nitrogens with two attached hydrogens (primary N) is 1. The van der Waals surface area contributed by atoms with Crippen LogP contribution >= 0.6 is 12.4 Å². The van der Waals surface area contributed by atoms with Crippen LogP contribution in [0, 0.1) is 0 Å². The third-order valence-electron chi connectivity index (χ3n) is 4.55. The normalized spacial score (nSPS) is 14.7. The molecule has 2 aromatic carbocycles. The number of rotatable bonds is 5. The largest absolute Gasteiger partial charge is 0.346 e. The van der Waals surface area contributed by atoms with Gasteiger partial charge in [-0.2, -0.15) is 0 Å². The number of carbonyl (C=O) groups is 2. The summed E-state index contributed by atoms with van der Waals surface area (Å²) < 4.78 is 0. The van der Waals surface area contributed by atoms with Gasteiger partial charge in [0.1, 0.15) is 0 Å². The fourth-order valence-electron chi connectivity index (χ4n) is 3.04. The molecule has 0 radical (unpaired) electrons. The maximum Gasteiger partial charge on any atom is 0.251 e. The number of halogens is 1. The van der Waals surface area contributed by atoms with Gasteiger partial charge in [-0.05, 0) is 48.7 Å². The molecule has 0 bridgehead atoms. The Kier molecular flexibility index (Phi) is 6.77. The lowest BCUT2D eigenvalue weighted by molar-refractivity contribution is -0.117. The number of hydrogen-bond donors (Lipinski definition) is 2. The van der Waals surface area contributed by atoms with Crippen molar-refractivity contribution in [3.8, 4) is 0 Å². The summed E-state index contributed by atoms with van der Waals surface area (Å²) in [6, 6.07) is 14.9. The highest BCUT2D eigenvalue weighted by Crippen LogP contribution is 2.25. The van der Waals surface area contributed by atoms with Gasteiger partial charge < -0.3 is 16.0 Å². The monoisotopic (exact) mass is 373 g/mol. The number of benzene rings is 2. The van der Waals surface area contributed by atoms with Gasteiger partial charge >= 0.3 is 0 Å². The molecule has 1 fully saturated rings. The molecule has 0 saturated carbocycles. The van der Waals surface area contributed by atoms with Crippen LogP contribution in [-0.4, -0.2) is 18.4 Å². The van der Waals surface area contributed by atoms with E-state index in [1.54, 1.807) is 12.1 Å². The van der Waals surface area contributed by atoms with Crippen LogP contribution in [0.1, 0.15) is 47.3 Å². The van der Waals surface area contributed by atoms with Gasteiger partial charge in [-0.15, -0.1) is 12.4 Å². The Morgan fingerprint density at radius 2 is 1.96 bits per heavy atom. The number of amides is 2. The summed E-state index contributed by atoms with van der Waals surface area (Å²) in [6.07, 6.45) is 1.50. The predicted molar refractivity (Wildman–Crippen MR) is 105 cm³/mol. The molecule has 1 aliphatic heterocycles. The second-order valence-electron chi connectivity index (χ2n) is 6.34. The minimum Gasteiger partial charge on any atom is -0.346 e. The van der Waals surface area contributed by atoms with Gasteiger partial charge in [-0.3, -0.25) is 9.59 Å². The molecule has 1 aliphatic rings. The molecule has 0 aromatic heterocycles. The fourth-order valence-corrected chi connectivity index (χ4v) is 3.04. The molecule has 2 aromatic rings. The molecule has 1 saturated heterocycles. The van der Waals surface area contributed by atoms with Crippen LogP contribution in [0.25, 0.3) is 0 Å². The van der Waals surface area contributed by atoms with E-state index in [4.69, 9.17) is 5.73 Å². The first-order chi connectivity index (χ1) is 12.1. The van der Waals surface area contributed by atoms with E-state index >= 15 is 0 Å². The van der Waals surface area contributed by atoms with Crippen molar-refractivity contribution in [1.29, 1.82) is 0 Å². The third-order valence-corrected chi connectivity index (χ3v) is 4.55. The van der Waals surface area contributed by atoms with Gasteiger partial charge in [-0.1, -0.05) is 24.3 Å². The lowest BCUT2D eigenvalue weighted by atomic mass is 10.1. The van der Waals surface area contributed by atoms with E-state index in [2.05, 4.69) is 5.32 Å². The summed E-state index contributed by atoms with van der Waals surface area (Å²) in [4.78, 5) is 26.1. The highest BCUT2D eigenvalue weighted by atomic mass is 35.5. The highest BCUT2D eigenvalue weighted by Gasteiger charge is 2.22. The lowest BCUT2D eigenvalue weighted by Crippen LogP contribution is -2.27. The summed E-state index contributed by atoms with van der Waals surface area (Å²) in [7, 11) is 0. The molecule has 0 aliphatic carbocycles. The van der Waals surface area contributed by atoms with Crippen molar-refractivity contribution in [2.24, 2.45) is 5.73 Å². The van der Waals surface area contributed by atoms with E-state index in [0.717, 1.165) is 29.8 Å². The van der Waals surface area contributed by atoms with Crippen LogP contribution in [0.4, 0.5) is 5.69 Å². The quantitative estimate of drug-likeness (QED) is 0.845. The molecule has 138 valence electrons. The second kappa shape index (κ2) is 8.83. The van der Waals surface area contributed by atoms with Gasteiger partial charge in [0, 0.05) is 30.8 Å². The van der Waals surface area contributed by atoms with E-state index in [1.807, 2.05) is 48.2 Å². The first kappa shape index (κ1) is 19.9. The minimum absolute atomic E-state index is 0. The molecule has 2 amide bonds. The zero-order valence-electron chi connectivity index (χ0n) is 14.8. The summed E-state index contributed by atoms with van der Waals surface area (Å²) in [5.74, 6) is 0.0348. The summed E-state index contributed by atoms with van der Waals surface area (Å²) in [5, 5.41) is 3.01. The van der Waals surface area contributed by atoms with E-state index in [1.165, 1.54) is 0 Å². The van der Waals surface area contributed by atoms with Crippen molar-refractivity contribution in [1.82, 2.24) is 5.32 Å². The molecule has 1 atom stereocenters.